The number of nitrogens with zero attached hydrogens (tertiary/aromatic N) is 9. The standard InChI is InChI=1S/C44H49F2N11O7/c1-52-39-26(4-2-6-32(39)57(44(52)62)33-11-12-37(59)50-43(33)61)5-3-17-63-35-13-15-53(23-34(35)58)20-25-7-9-27(10-8-25)56-22-31(38(51-56)40(45)46)48-42(60)30-19-47-55-16-14-36(49-41(30)55)54-21-29-18-28(54)24-64-29/h2,4,6,14,16,19,22,25,27-29,33-35,40,58H,7-13,15,17-18,20-21,23-24H2,1H3,(H,48,60)(H,50,59,61)/t25?,27?,28-,29-,33?,34?,35?/m1/s1. The molecule has 1 saturated carbocycles. The molecule has 5 aliphatic rings. The summed E-state index contributed by atoms with van der Waals surface area (Å²) in [7, 11) is 1.63. The molecule has 3 unspecified atom stereocenters. The predicted octanol–water partition coefficient (Wildman–Crippen LogP) is 2.96. The quantitative estimate of drug-likeness (QED) is 0.137. The largest absolute Gasteiger partial charge is 0.389 e. The van der Waals surface area contributed by atoms with Crippen molar-refractivity contribution < 1.29 is 37.7 Å². The Morgan fingerprint density at radius 2 is 1.94 bits per heavy atom. The number of hydrogen-bond acceptors (Lipinski definition) is 12. The number of fused-ring (bicyclic) bond motifs is 4. The molecule has 5 aromatic rings. The van der Waals surface area contributed by atoms with E-state index in [0.29, 0.717) is 53.6 Å². The van der Waals surface area contributed by atoms with Crippen LogP contribution in [0.1, 0.15) is 91.5 Å². The number of carbonyl (C=O) groups is 3. The second-order valence-corrected chi connectivity index (χ2v) is 17.6. The van der Waals surface area contributed by atoms with Gasteiger partial charge in [0.05, 0.1) is 65.5 Å². The van der Waals surface area contributed by atoms with E-state index in [-0.39, 0.29) is 60.5 Å². The molecule has 2 bridgehead atoms. The average Bonchev–Trinajstić information content (AvgIpc) is 4.13. The van der Waals surface area contributed by atoms with Crippen LogP contribution in [0.2, 0.25) is 0 Å². The first-order valence-corrected chi connectivity index (χ1v) is 21.9. The minimum Gasteiger partial charge on any atom is -0.389 e. The molecule has 336 valence electrons. The van der Waals surface area contributed by atoms with Crippen LogP contribution in [0.25, 0.3) is 16.7 Å². The highest BCUT2D eigenvalue weighted by Crippen LogP contribution is 2.36. The van der Waals surface area contributed by atoms with E-state index in [1.807, 2.05) is 6.07 Å². The number of carbonyl (C=O) groups excluding carboxylic acids is 3. The first-order valence-electron chi connectivity index (χ1n) is 21.9. The van der Waals surface area contributed by atoms with Gasteiger partial charge in [0.15, 0.2) is 11.3 Å². The highest BCUT2D eigenvalue weighted by Gasteiger charge is 2.40. The molecule has 8 heterocycles. The lowest BCUT2D eigenvalue weighted by atomic mass is 9.85. The van der Waals surface area contributed by atoms with Crippen molar-refractivity contribution in [2.45, 2.75) is 94.2 Å². The second kappa shape index (κ2) is 17.2. The summed E-state index contributed by atoms with van der Waals surface area (Å²) in [4.78, 5) is 60.2. The third-order valence-electron chi connectivity index (χ3n) is 13.5. The zero-order chi connectivity index (χ0) is 44.2. The number of rotatable bonds is 10. The maximum atomic E-state index is 14.3. The van der Waals surface area contributed by atoms with Gasteiger partial charge >= 0.3 is 5.69 Å². The number of para-hydroxylation sites is 1. The number of aliphatic hydroxyl groups is 1. The number of imide groups is 1. The minimum atomic E-state index is -2.89. The van der Waals surface area contributed by atoms with E-state index in [0.717, 1.165) is 51.7 Å². The Morgan fingerprint density at radius 1 is 1.09 bits per heavy atom. The van der Waals surface area contributed by atoms with Gasteiger partial charge in [-0.05, 0) is 69.1 Å². The van der Waals surface area contributed by atoms with Gasteiger partial charge in [-0.2, -0.15) is 10.2 Å². The van der Waals surface area contributed by atoms with E-state index in [4.69, 9.17) is 14.5 Å². The Kier molecular flexibility index (Phi) is 11.3. The molecule has 18 nitrogen and oxygen atoms in total. The van der Waals surface area contributed by atoms with Crippen LogP contribution in [0.5, 0.6) is 0 Å². The van der Waals surface area contributed by atoms with Gasteiger partial charge in [0.1, 0.15) is 24.0 Å². The van der Waals surface area contributed by atoms with E-state index in [1.165, 1.54) is 26.0 Å². The van der Waals surface area contributed by atoms with E-state index < -0.39 is 42.2 Å². The fourth-order valence-electron chi connectivity index (χ4n) is 10.2. The minimum absolute atomic E-state index is 0.0391. The van der Waals surface area contributed by atoms with Crippen LogP contribution in [0.4, 0.5) is 20.3 Å². The molecule has 0 spiro atoms. The monoisotopic (exact) mass is 881 g/mol. The normalized spacial score (nSPS) is 26.2. The number of amides is 3. The first-order chi connectivity index (χ1) is 31.0. The van der Waals surface area contributed by atoms with E-state index >= 15 is 0 Å². The lowest BCUT2D eigenvalue weighted by molar-refractivity contribution is -0.135. The summed E-state index contributed by atoms with van der Waals surface area (Å²) < 4.78 is 46.3. The maximum absolute atomic E-state index is 14.3. The van der Waals surface area contributed by atoms with Crippen molar-refractivity contribution in [3.8, 4) is 11.8 Å². The van der Waals surface area contributed by atoms with Gasteiger partial charge in [0.25, 0.3) is 12.3 Å². The summed E-state index contributed by atoms with van der Waals surface area (Å²) in [6.07, 6.45) is 5.93. The van der Waals surface area contributed by atoms with Crippen molar-refractivity contribution in [2.75, 3.05) is 49.6 Å². The number of anilines is 2. The van der Waals surface area contributed by atoms with Gasteiger partial charge in [-0.1, -0.05) is 17.9 Å². The third-order valence-corrected chi connectivity index (χ3v) is 13.5. The molecule has 3 N–H and O–H groups in total. The van der Waals surface area contributed by atoms with Crippen LogP contribution >= 0.6 is 0 Å². The highest BCUT2D eigenvalue weighted by molar-refractivity contribution is 6.08. The molecule has 4 aliphatic heterocycles. The SMILES string of the molecule is Cn1c(=O)n(C2CCC(=O)NC2=O)c2cccc(C#CCOC3CCN(CC4CCC(n5cc(NC(=O)c6cnn7ccc(N8C[C@H]9C[C@@H]8CO9)nc67)c(C(F)F)n5)CC4)CC3O)c21. The summed E-state index contributed by atoms with van der Waals surface area (Å²) in [5, 5.41) is 24.6. The van der Waals surface area contributed by atoms with Gasteiger partial charge in [-0.15, -0.1) is 0 Å². The Balaban J connectivity index is 0.711. The Morgan fingerprint density at radius 3 is 2.69 bits per heavy atom. The maximum Gasteiger partial charge on any atom is 0.329 e. The van der Waals surface area contributed by atoms with Crippen molar-refractivity contribution in [1.82, 2.24) is 43.7 Å². The zero-order valence-corrected chi connectivity index (χ0v) is 35.2. The average molecular weight is 882 g/mol. The fourth-order valence-corrected chi connectivity index (χ4v) is 10.2. The molecule has 3 amide bonds. The first kappa shape index (κ1) is 42.0. The number of imidazole rings is 1. The molecule has 4 aromatic heterocycles. The molecular weight excluding hydrogens is 833 g/mol. The van der Waals surface area contributed by atoms with E-state index in [9.17, 15) is 33.1 Å². The summed E-state index contributed by atoms with van der Waals surface area (Å²) in [6.45, 7) is 3.41. The lowest BCUT2D eigenvalue weighted by Crippen LogP contribution is -2.49. The Labute approximate surface area is 365 Å². The molecule has 20 heteroatoms. The number of nitrogens with one attached hydrogen (secondary N) is 2. The number of ether oxygens (including phenoxy) is 2. The predicted molar refractivity (Wildman–Crippen MR) is 227 cm³/mol. The van der Waals surface area contributed by atoms with Crippen molar-refractivity contribution in [2.24, 2.45) is 13.0 Å². The zero-order valence-electron chi connectivity index (χ0n) is 35.2. The number of piperidine rings is 2. The van der Waals surface area contributed by atoms with Crippen molar-refractivity contribution in [3.63, 3.8) is 0 Å². The summed E-state index contributed by atoms with van der Waals surface area (Å²) >= 11 is 0. The number of likely N-dealkylation sites (tertiary alicyclic amines) is 1. The van der Waals surface area contributed by atoms with Crippen LogP contribution in [-0.4, -0.2) is 125 Å². The number of β-amino-alcohol motifs (C(OH)–C–C–N with tert-alkyl or cyclic N) is 1. The number of morpholine rings is 1. The highest BCUT2D eigenvalue weighted by atomic mass is 19.3. The number of aliphatic hydroxyl groups excluding tert-OH is 1. The van der Waals surface area contributed by atoms with E-state index in [1.54, 1.807) is 36.1 Å². The smallest absolute Gasteiger partial charge is 0.329 e. The molecule has 0 radical (unpaired) electrons. The molecule has 64 heavy (non-hydrogen) atoms. The number of benzene rings is 1. The second-order valence-electron chi connectivity index (χ2n) is 17.6. The summed E-state index contributed by atoms with van der Waals surface area (Å²) in [6, 6.07) is 6.51. The van der Waals surface area contributed by atoms with Crippen molar-refractivity contribution >= 4 is 45.9 Å². The molecular formula is C44H49F2N11O7. The van der Waals surface area contributed by atoms with Crippen LogP contribution < -0.4 is 21.2 Å². The number of hydrogen-bond donors (Lipinski definition) is 3. The lowest BCUT2D eigenvalue weighted by Gasteiger charge is -2.38. The number of alkyl halides is 2. The number of aromatic nitrogens is 7. The van der Waals surface area contributed by atoms with Gasteiger partial charge in [-0.25, -0.2) is 23.1 Å². The van der Waals surface area contributed by atoms with Gasteiger partial charge in [-0.3, -0.25) is 33.5 Å². The molecule has 5 atom stereocenters. The molecule has 4 saturated heterocycles. The number of aryl methyl sites for hydroxylation is 1. The van der Waals surface area contributed by atoms with Crippen LogP contribution in [-0.2, 0) is 26.1 Å². The van der Waals surface area contributed by atoms with E-state index in [2.05, 4.69) is 42.5 Å². The number of halogens is 2. The summed E-state index contributed by atoms with van der Waals surface area (Å²) in [5.41, 5.74) is 1.34. The molecule has 1 aliphatic carbocycles. The van der Waals surface area contributed by atoms with Crippen LogP contribution in [0.15, 0.2) is 47.7 Å². The molecule has 5 fully saturated rings. The Bertz CT molecular complexity index is 2740. The fraction of sp³-hybridized carbons (Fsp3) is 0.523. The molecule has 1 aromatic carbocycles. The topological polar surface area (TPSA) is 195 Å². The Hall–Kier alpha value is -6.01. The molecule has 10 rings (SSSR count). The van der Waals surface area contributed by atoms with Gasteiger partial charge in [0.2, 0.25) is 11.8 Å². The van der Waals surface area contributed by atoms with Crippen LogP contribution in [0, 0.1) is 17.8 Å². The van der Waals surface area contributed by atoms with Crippen LogP contribution in [0.3, 0.4) is 0 Å². The summed E-state index contributed by atoms with van der Waals surface area (Å²) in [5.74, 6) is 5.75. The van der Waals surface area contributed by atoms with Gasteiger partial charge < -0.3 is 29.7 Å². The third kappa shape index (κ3) is 7.94. The van der Waals surface area contributed by atoms with Crippen molar-refractivity contribution in [1.29, 1.82) is 0 Å². The van der Waals surface area contributed by atoms with Crippen molar-refractivity contribution in [3.05, 3.63) is 70.2 Å². The van der Waals surface area contributed by atoms with Gasteiger partial charge in [0, 0.05) is 52.0 Å².